The van der Waals surface area contributed by atoms with E-state index in [0.717, 1.165) is 6.42 Å². The van der Waals surface area contributed by atoms with Crippen LogP contribution in [0, 0.1) is 11.3 Å². The van der Waals surface area contributed by atoms with Gasteiger partial charge in [-0.3, -0.25) is 0 Å². The monoisotopic (exact) mass is 364 g/mol. The van der Waals surface area contributed by atoms with Crippen LogP contribution in [0.25, 0.3) is 0 Å². The standard InChI is InChI=1S/C21H32O5/c1-20(2,3)26-18-11-10-17(23)16(14-22)21(18,4)12-13-25-19(24)15-8-6-5-7-9-15/h5-9,16-18,22-23H,10-14H2,1-4H3/t16-,17-,18-,21-/m0/s1. The molecule has 2 N–H and O–H groups in total. The summed E-state index contributed by atoms with van der Waals surface area (Å²) in [5, 5.41) is 20.3. The Morgan fingerprint density at radius 1 is 1.23 bits per heavy atom. The van der Waals surface area contributed by atoms with Crippen molar-refractivity contribution in [1.29, 1.82) is 0 Å². The van der Waals surface area contributed by atoms with Crippen LogP contribution >= 0.6 is 0 Å². The molecule has 0 saturated heterocycles. The van der Waals surface area contributed by atoms with Crippen LogP contribution in [0.2, 0.25) is 0 Å². The first-order valence-electron chi connectivity index (χ1n) is 9.36. The molecule has 146 valence electrons. The number of aliphatic hydroxyl groups excluding tert-OH is 2. The first kappa shape index (κ1) is 20.9. The van der Waals surface area contributed by atoms with Crippen LogP contribution in [0.5, 0.6) is 0 Å². The van der Waals surface area contributed by atoms with Crippen molar-refractivity contribution in [2.24, 2.45) is 11.3 Å². The topological polar surface area (TPSA) is 76.0 Å². The largest absolute Gasteiger partial charge is 0.462 e. The zero-order valence-corrected chi connectivity index (χ0v) is 16.3. The number of hydrogen-bond acceptors (Lipinski definition) is 5. The van der Waals surface area contributed by atoms with Crippen molar-refractivity contribution >= 4 is 5.97 Å². The van der Waals surface area contributed by atoms with Crippen molar-refractivity contribution in [3.05, 3.63) is 35.9 Å². The third-order valence-electron chi connectivity index (χ3n) is 5.35. The molecular formula is C21H32O5. The fourth-order valence-electron chi connectivity index (χ4n) is 3.85. The molecule has 5 nitrogen and oxygen atoms in total. The summed E-state index contributed by atoms with van der Waals surface area (Å²) in [5.41, 5.74) is -0.284. The van der Waals surface area contributed by atoms with Gasteiger partial charge in [0.15, 0.2) is 0 Å². The maximum absolute atomic E-state index is 12.2. The van der Waals surface area contributed by atoms with Crippen molar-refractivity contribution in [3.8, 4) is 0 Å². The smallest absolute Gasteiger partial charge is 0.338 e. The van der Waals surface area contributed by atoms with Crippen LogP contribution in [-0.4, -0.2) is 47.2 Å². The Morgan fingerprint density at radius 3 is 2.46 bits per heavy atom. The van der Waals surface area contributed by atoms with Crippen molar-refractivity contribution in [2.75, 3.05) is 13.2 Å². The van der Waals surface area contributed by atoms with E-state index in [2.05, 4.69) is 0 Å². The van der Waals surface area contributed by atoms with Crippen LogP contribution in [0.4, 0.5) is 0 Å². The van der Waals surface area contributed by atoms with Gasteiger partial charge in [-0.05, 0) is 52.2 Å². The molecule has 1 aromatic rings. The molecule has 0 bridgehead atoms. The maximum atomic E-state index is 12.2. The summed E-state index contributed by atoms with van der Waals surface area (Å²) in [4.78, 5) is 12.2. The van der Waals surface area contributed by atoms with E-state index < -0.39 is 11.5 Å². The SMILES string of the molecule is CC(C)(C)O[C@H]1CC[C@H](O)[C@H](CO)[C@]1(C)CCOC(=O)c1ccccc1. The maximum Gasteiger partial charge on any atom is 0.338 e. The summed E-state index contributed by atoms with van der Waals surface area (Å²) in [7, 11) is 0. The number of rotatable bonds is 6. The Labute approximate surface area is 156 Å². The van der Waals surface area contributed by atoms with Gasteiger partial charge < -0.3 is 19.7 Å². The highest BCUT2D eigenvalue weighted by Gasteiger charge is 2.49. The molecule has 1 aliphatic rings. The van der Waals surface area contributed by atoms with Crippen LogP contribution in [0.15, 0.2) is 30.3 Å². The second kappa shape index (κ2) is 8.51. The average Bonchev–Trinajstić information content (AvgIpc) is 2.58. The molecule has 1 saturated carbocycles. The van der Waals surface area contributed by atoms with E-state index in [1.807, 2.05) is 33.8 Å². The number of carbonyl (C=O) groups is 1. The molecule has 0 aliphatic heterocycles. The van der Waals surface area contributed by atoms with Gasteiger partial charge in [-0.2, -0.15) is 0 Å². The number of benzene rings is 1. The molecule has 2 rings (SSSR count). The van der Waals surface area contributed by atoms with Crippen LogP contribution in [0.1, 0.15) is 57.3 Å². The fourth-order valence-corrected chi connectivity index (χ4v) is 3.85. The molecule has 0 radical (unpaired) electrons. The van der Waals surface area contributed by atoms with Crippen LogP contribution in [-0.2, 0) is 9.47 Å². The summed E-state index contributed by atoms with van der Waals surface area (Å²) < 4.78 is 11.7. The minimum atomic E-state index is -0.574. The normalized spacial score (nSPS) is 29.4. The number of ether oxygens (including phenoxy) is 2. The number of hydrogen-bond donors (Lipinski definition) is 2. The fraction of sp³-hybridized carbons (Fsp3) is 0.667. The van der Waals surface area contributed by atoms with Gasteiger partial charge in [-0.15, -0.1) is 0 Å². The van der Waals surface area contributed by atoms with Crippen molar-refractivity contribution in [2.45, 2.75) is 64.8 Å². The first-order valence-corrected chi connectivity index (χ1v) is 9.36. The number of carbonyl (C=O) groups excluding carboxylic acids is 1. The van der Waals surface area contributed by atoms with Crippen LogP contribution < -0.4 is 0 Å². The Hall–Kier alpha value is -1.43. The molecule has 1 aliphatic carbocycles. The summed E-state index contributed by atoms with van der Waals surface area (Å²) >= 11 is 0. The van der Waals surface area contributed by atoms with E-state index in [0.29, 0.717) is 18.4 Å². The second-order valence-corrected chi connectivity index (χ2v) is 8.41. The molecule has 0 unspecified atom stereocenters. The molecule has 0 aromatic heterocycles. The van der Waals surface area contributed by atoms with Crippen molar-refractivity contribution in [3.63, 3.8) is 0 Å². The second-order valence-electron chi connectivity index (χ2n) is 8.41. The van der Waals surface area contributed by atoms with Crippen molar-refractivity contribution in [1.82, 2.24) is 0 Å². The predicted octanol–water partition coefficient (Wildman–Crippen LogP) is 3.19. The van der Waals surface area contributed by atoms with E-state index >= 15 is 0 Å². The summed E-state index contributed by atoms with van der Waals surface area (Å²) in [6.45, 7) is 8.13. The lowest BCUT2D eigenvalue weighted by Crippen LogP contribution is -2.53. The number of esters is 1. The average molecular weight is 364 g/mol. The third kappa shape index (κ3) is 5.06. The third-order valence-corrected chi connectivity index (χ3v) is 5.35. The lowest BCUT2D eigenvalue weighted by atomic mass is 9.62. The molecule has 1 fully saturated rings. The summed E-state index contributed by atoms with van der Waals surface area (Å²) in [6.07, 6.45) is 1.16. The Kier molecular flexibility index (Phi) is 6.83. The lowest BCUT2D eigenvalue weighted by Gasteiger charge is -2.50. The Balaban J connectivity index is 2.07. The molecule has 1 aromatic carbocycles. The van der Waals surface area contributed by atoms with Crippen LogP contribution in [0.3, 0.4) is 0 Å². The summed E-state index contributed by atoms with van der Waals surface area (Å²) in [6, 6.07) is 8.88. The van der Waals surface area contributed by atoms with E-state index in [1.165, 1.54) is 0 Å². The molecule has 0 amide bonds. The predicted molar refractivity (Wildman–Crippen MR) is 99.9 cm³/mol. The van der Waals surface area contributed by atoms with E-state index in [1.54, 1.807) is 24.3 Å². The molecule has 0 spiro atoms. The minimum absolute atomic E-state index is 0.113. The Bertz CT molecular complexity index is 580. The van der Waals surface area contributed by atoms with Gasteiger partial charge in [0.2, 0.25) is 0 Å². The molecular weight excluding hydrogens is 332 g/mol. The van der Waals surface area contributed by atoms with Gasteiger partial charge >= 0.3 is 5.97 Å². The molecule has 26 heavy (non-hydrogen) atoms. The van der Waals surface area contributed by atoms with Gasteiger partial charge in [-0.25, -0.2) is 4.79 Å². The van der Waals surface area contributed by atoms with E-state index in [-0.39, 0.29) is 36.8 Å². The quantitative estimate of drug-likeness (QED) is 0.758. The number of aliphatic hydroxyl groups is 2. The van der Waals surface area contributed by atoms with Gasteiger partial charge in [0.1, 0.15) is 0 Å². The van der Waals surface area contributed by atoms with Gasteiger partial charge in [0.25, 0.3) is 0 Å². The Morgan fingerprint density at radius 2 is 1.88 bits per heavy atom. The first-order chi connectivity index (χ1) is 12.2. The summed E-state index contributed by atoms with van der Waals surface area (Å²) in [5.74, 6) is -0.668. The zero-order chi connectivity index (χ0) is 19.4. The molecule has 0 heterocycles. The molecule has 5 heteroatoms. The van der Waals surface area contributed by atoms with E-state index in [4.69, 9.17) is 9.47 Å². The van der Waals surface area contributed by atoms with Gasteiger partial charge in [0, 0.05) is 17.9 Å². The van der Waals surface area contributed by atoms with E-state index in [9.17, 15) is 15.0 Å². The van der Waals surface area contributed by atoms with Crippen molar-refractivity contribution < 1.29 is 24.5 Å². The zero-order valence-electron chi connectivity index (χ0n) is 16.3. The molecule has 4 atom stereocenters. The minimum Gasteiger partial charge on any atom is -0.462 e. The highest BCUT2D eigenvalue weighted by molar-refractivity contribution is 5.89. The lowest BCUT2D eigenvalue weighted by molar-refractivity contribution is -0.184. The highest BCUT2D eigenvalue weighted by Crippen LogP contribution is 2.46. The van der Waals surface area contributed by atoms with Gasteiger partial charge in [0.05, 0.1) is 30.0 Å². The van der Waals surface area contributed by atoms with Gasteiger partial charge in [-0.1, -0.05) is 25.1 Å². The highest BCUT2D eigenvalue weighted by atomic mass is 16.5.